The molecular weight excluding hydrogens is 434 g/mol. The summed E-state index contributed by atoms with van der Waals surface area (Å²) >= 11 is 0. The van der Waals surface area contributed by atoms with Crippen molar-refractivity contribution in [2.75, 3.05) is 36.3 Å². The molecule has 3 heterocycles. The van der Waals surface area contributed by atoms with Gasteiger partial charge in [-0.3, -0.25) is 9.59 Å². The maximum absolute atomic E-state index is 12.8. The number of pyridine rings is 1. The Morgan fingerprint density at radius 1 is 1.24 bits per heavy atom. The number of rotatable bonds is 7. The molecule has 0 spiro atoms. The lowest BCUT2D eigenvalue weighted by molar-refractivity contribution is -0.117. The number of benzene rings is 1. The van der Waals surface area contributed by atoms with Crippen LogP contribution < -0.4 is 15.5 Å². The van der Waals surface area contributed by atoms with Gasteiger partial charge in [-0.2, -0.15) is 5.10 Å². The highest BCUT2D eigenvalue weighted by Gasteiger charge is 2.32. The molecule has 1 amide bonds. The van der Waals surface area contributed by atoms with Gasteiger partial charge in [0.2, 0.25) is 5.91 Å². The fourth-order valence-electron chi connectivity index (χ4n) is 4.20. The lowest BCUT2D eigenvalue weighted by atomic mass is 10.1. The summed E-state index contributed by atoms with van der Waals surface area (Å²) in [4.78, 5) is 36.1. The Balaban J connectivity index is 1.56. The molecule has 1 aliphatic heterocycles. The Morgan fingerprint density at radius 3 is 2.76 bits per heavy atom. The summed E-state index contributed by atoms with van der Waals surface area (Å²) in [6.45, 7) is 3.88. The van der Waals surface area contributed by atoms with Gasteiger partial charge in [-0.15, -0.1) is 0 Å². The van der Waals surface area contributed by atoms with Crippen molar-refractivity contribution in [3.05, 3.63) is 47.7 Å². The van der Waals surface area contributed by atoms with E-state index in [9.17, 15) is 9.59 Å². The second-order valence-corrected chi connectivity index (χ2v) is 8.75. The molecule has 2 aliphatic rings. The van der Waals surface area contributed by atoms with Crippen molar-refractivity contribution in [3.8, 4) is 5.69 Å². The molecule has 0 saturated heterocycles. The standard InChI is InChI=1S/C24H27N7O3/c1-13-23-26-14(2)29-31(23)19-7-5-6-17(22(19)30(13)3)27-18-10-21(28-24(33)15-8-9-15)25-11-16(18)20(32)12-34-4/h5-7,10-11,13,15H,8-9,12H2,1-4H3,(H2,25,27,28,33)/t13-/m1/s1. The molecule has 10 heteroatoms. The van der Waals surface area contributed by atoms with Crippen molar-refractivity contribution in [2.24, 2.45) is 5.92 Å². The highest BCUT2D eigenvalue weighted by atomic mass is 16.5. The number of fused-ring (bicyclic) bond motifs is 3. The number of aromatic nitrogens is 4. The summed E-state index contributed by atoms with van der Waals surface area (Å²) in [5.74, 6) is 1.76. The molecule has 2 aromatic heterocycles. The minimum absolute atomic E-state index is 0.00271. The zero-order valence-corrected chi connectivity index (χ0v) is 19.6. The van der Waals surface area contributed by atoms with Gasteiger partial charge in [0, 0.05) is 32.3 Å². The number of amides is 1. The second-order valence-electron chi connectivity index (χ2n) is 8.75. The van der Waals surface area contributed by atoms with Crippen LogP contribution in [0.5, 0.6) is 0 Å². The zero-order chi connectivity index (χ0) is 24.0. The van der Waals surface area contributed by atoms with Gasteiger partial charge in [-0.05, 0) is 38.8 Å². The monoisotopic (exact) mass is 461 g/mol. The van der Waals surface area contributed by atoms with E-state index in [1.165, 1.54) is 13.3 Å². The van der Waals surface area contributed by atoms with Gasteiger partial charge in [0.15, 0.2) is 11.6 Å². The smallest absolute Gasteiger partial charge is 0.228 e. The highest BCUT2D eigenvalue weighted by Crippen LogP contribution is 2.42. The first kappa shape index (κ1) is 22.0. The van der Waals surface area contributed by atoms with E-state index >= 15 is 0 Å². The van der Waals surface area contributed by atoms with E-state index in [2.05, 4.69) is 37.5 Å². The van der Waals surface area contributed by atoms with Crippen LogP contribution in [0.2, 0.25) is 0 Å². The molecule has 1 saturated carbocycles. The molecule has 10 nitrogen and oxygen atoms in total. The number of nitrogens with one attached hydrogen (secondary N) is 2. The number of ether oxygens (including phenoxy) is 1. The average molecular weight is 462 g/mol. The Morgan fingerprint density at radius 2 is 2.03 bits per heavy atom. The van der Waals surface area contributed by atoms with Crippen LogP contribution in [0.15, 0.2) is 30.5 Å². The molecule has 2 N–H and O–H groups in total. The number of nitrogens with zero attached hydrogens (tertiary/aromatic N) is 5. The van der Waals surface area contributed by atoms with Crippen molar-refractivity contribution in [1.82, 2.24) is 19.7 Å². The first-order chi connectivity index (χ1) is 16.4. The van der Waals surface area contributed by atoms with Gasteiger partial charge in [0.05, 0.1) is 34.4 Å². The van der Waals surface area contributed by atoms with E-state index in [4.69, 9.17) is 4.74 Å². The second kappa shape index (κ2) is 8.53. The molecule has 1 atom stereocenters. The third kappa shape index (κ3) is 3.90. The van der Waals surface area contributed by atoms with E-state index in [1.807, 2.05) is 36.9 Å². The van der Waals surface area contributed by atoms with Gasteiger partial charge in [0.25, 0.3) is 0 Å². The van der Waals surface area contributed by atoms with Crippen LogP contribution >= 0.6 is 0 Å². The van der Waals surface area contributed by atoms with Crippen molar-refractivity contribution in [1.29, 1.82) is 0 Å². The SMILES string of the molecule is COCC(=O)c1cnc(NC(=O)C2CC2)cc1Nc1cccc2c1N(C)[C@H](C)c1nc(C)nn1-2. The van der Waals surface area contributed by atoms with Crippen LogP contribution in [0.3, 0.4) is 0 Å². The van der Waals surface area contributed by atoms with Crippen molar-refractivity contribution < 1.29 is 14.3 Å². The zero-order valence-electron chi connectivity index (χ0n) is 19.6. The lowest BCUT2D eigenvalue weighted by Gasteiger charge is -2.35. The fraction of sp³-hybridized carbons (Fsp3) is 0.375. The largest absolute Gasteiger partial charge is 0.377 e. The number of Topliss-reactive ketones (excluding diaryl/α,β-unsaturated/α-hetero) is 1. The first-order valence-corrected chi connectivity index (χ1v) is 11.3. The number of carbonyl (C=O) groups excluding carboxylic acids is 2. The summed E-state index contributed by atoms with van der Waals surface area (Å²) < 4.78 is 6.93. The molecule has 176 valence electrons. The third-order valence-corrected chi connectivity index (χ3v) is 6.24. The molecule has 3 aromatic rings. The van der Waals surface area contributed by atoms with Crippen LogP contribution in [0.4, 0.5) is 22.9 Å². The number of aryl methyl sites for hydroxylation is 1. The van der Waals surface area contributed by atoms with Crippen LogP contribution in [0.25, 0.3) is 5.69 Å². The van der Waals surface area contributed by atoms with E-state index in [1.54, 1.807) is 6.07 Å². The summed E-state index contributed by atoms with van der Waals surface area (Å²) in [6, 6.07) is 7.56. The number of hydrogen-bond acceptors (Lipinski definition) is 8. The molecule has 0 radical (unpaired) electrons. The predicted octanol–water partition coefficient (Wildman–Crippen LogP) is 3.40. The third-order valence-electron chi connectivity index (χ3n) is 6.24. The number of carbonyl (C=O) groups is 2. The van der Waals surface area contributed by atoms with Gasteiger partial charge in [-0.1, -0.05) is 6.07 Å². The fourth-order valence-corrected chi connectivity index (χ4v) is 4.20. The van der Waals surface area contributed by atoms with E-state index < -0.39 is 0 Å². The van der Waals surface area contributed by atoms with Crippen molar-refractivity contribution >= 4 is 34.6 Å². The van der Waals surface area contributed by atoms with Crippen molar-refractivity contribution in [3.63, 3.8) is 0 Å². The Labute approximate surface area is 197 Å². The van der Waals surface area contributed by atoms with Crippen LogP contribution in [-0.2, 0) is 9.53 Å². The van der Waals surface area contributed by atoms with Crippen LogP contribution in [-0.4, -0.2) is 52.2 Å². The molecule has 0 bridgehead atoms. The number of para-hydroxylation sites is 1. The molecule has 34 heavy (non-hydrogen) atoms. The Bertz CT molecular complexity index is 1280. The summed E-state index contributed by atoms with van der Waals surface area (Å²) in [7, 11) is 3.48. The molecule has 1 aliphatic carbocycles. The van der Waals surface area contributed by atoms with Gasteiger partial charge in [-0.25, -0.2) is 14.6 Å². The van der Waals surface area contributed by atoms with Gasteiger partial charge >= 0.3 is 0 Å². The van der Waals surface area contributed by atoms with Crippen LogP contribution in [0, 0.1) is 12.8 Å². The number of hydrogen-bond donors (Lipinski definition) is 2. The molecular formula is C24H27N7O3. The maximum Gasteiger partial charge on any atom is 0.228 e. The van der Waals surface area contributed by atoms with E-state index in [0.717, 1.165) is 35.7 Å². The number of methoxy groups -OCH3 is 1. The van der Waals surface area contributed by atoms with E-state index in [-0.39, 0.29) is 30.3 Å². The summed E-state index contributed by atoms with van der Waals surface area (Å²) in [5, 5.41) is 10.9. The normalized spacial score (nSPS) is 16.6. The summed E-state index contributed by atoms with van der Waals surface area (Å²) in [6.07, 6.45) is 3.27. The Kier molecular flexibility index (Phi) is 5.52. The lowest BCUT2D eigenvalue weighted by Crippen LogP contribution is -2.31. The highest BCUT2D eigenvalue weighted by molar-refractivity contribution is 6.04. The van der Waals surface area contributed by atoms with Gasteiger partial charge < -0.3 is 20.3 Å². The Hall–Kier alpha value is -3.79. The topological polar surface area (TPSA) is 114 Å². The average Bonchev–Trinajstić information content (AvgIpc) is 3.59. The summed E-state index contributed by atoms with van der Waals surface area (Å²) in [5.41, 5.74) is 3.54. The first-order valence-electron chi connectivity index (χ1n) is 11.3. The molecule has 1 fully saturated rings. The molecule has 0 unspecified atom stereocenters. The predicted molar refractivity (Wildman–Crippen MR) is 128 cm³/mol. The minimum Gasteiger partial charge on any atom is -0.377 e. The quantitative estimate of drug-likeness (QED) is 0.515. The molecule has 1 aromatic carbocycles. The van der Waals surface area contributed by atoms with Crippen molar-refractivity contribution in [2.45, 2.75) is 32.7 Å². The van der Waals surface area contributed by atoms with E-state index in [0.29, 0.717) is 22.9 Å². The number of ketones is 1. The molecule has 5 rings (SSSR count). The number of anilines is 4. The maximum atomic E-state index is 12.8. The minimum atomic E-state index is -0.210. The van der Waals surface area contributed by atoms with Gasteiger partial charge in [0.1, 0.15) is 18.2 Å². The van der Waals surface area contributed by atoms with Crippen LogP contribution in [0.1, 0.15) is 47.8 Å².